The Morgan fingerprint density at radius 2 is 0.569 bits per heavy atom. The van der Waals surface area contributed by atoms with Crippen LogP contribution in [0.5, 0.6) is 0 Å². The molecule has 0 heterocycles. The maximum atomic E-state index is 12.8. The molecule has 0 aromatic carbocycles. The zero-order valence-electron chi connectivity index (χ0n) is 43.8. The van der Waals surface area contributed by atoms with Gasteiger partial charge in [0.05, 0.1) is 0 Å². The fourth-order valence-electron chi connectivity index (χ4n) is 8.58. The van der Waals surface area contributed by atoms with Gasteiger partial charge in [-0.15, -0.1) is 0 Å². The molecular weight excluding hydrogens is 805 g/mol. The lowest BCUT2D eigenvalue weighted by Gasteiger charge is -2.18. The molecule has 6 nitrogen and oxygen atoms in total. The van der Waals surface area contributed by atoms with E-state index in [-0.39, 0.29) is 31.1 Å². The lowest BCUT2D eigenvalue weighted by Crippen LogP contribution is -2.30. The highest BCUT2D eigenvalue weighted by molar-refractivity contribution is 5.71. The van der Waals surface area contributed by atoms with Crippen molar-refractivity contribution in [2.45, 2.75) is 322 Å². The minimum atomic E-state index is -0.771. The maximum Gasteiger partial charge on any atom is 0.306 e. The summed E-state index contributed by atoms with van der Waals surface area (Å²) < 4.78 is 16.9. The standard InChI is InChI=1S/C59H110O6/c1-4-7-10-13-16-19-22-25-28-30-32-34-37-40-43-46-49-52-58(61)64-55-56(54-63-57(60)51-48-45-42-39-36-33-27-24-21-18-15-12-9-6-3)65-59(62)53-50-47-44-41-38-35-31-29-26-23-20-17-14-11-8-5-2/h15,18,24,27,56H,4-14,16-17,19-23,25-26,28-55H2,1-3H3/b18-15-,27-24-/t56-/m1/s1. The molecule has 0 radical (unpaired) electrons. The minimum absolute atomic E-state index is 0.0701. The van der Waals surface area contributed by atoms with Gasteiger partial charge in [-0.2, -0.15) is 0 Å². The smallest absolute Gasteiger partial charge is 0.306 e. The van der Waals surface area contributed by atoms with Crippen LogP contribution in [0.4, 0.5) is 0 Å². The number of carbonyl (C=O) groups excluding carboxylic acids is 3. The van der Waals surface area contributed by atoms with E-state index in [1.54, 1.807) is 0 Å². The van der Waals surface area contributed by atoms with Gasteiger partial charge in [0.15, 0.2) is 6.10 Å². The highest BCUT2D eigenvalue weighted by Gasteiger charge is 2.19. The molecule has 6 heteroatoms. The van der Waals surface area contributed by atoms with Gasteiger partial charge in [-0.05, 0) is 44.9 Å². The molecule has 0 aliphatic heterocycles. The second kappa shape index (κ2) is 54.5. The monoisotopic (exact) mass is 915 g/mol. The van der Waals surface area contributed by atoms with Crippen LogP contribution in [0.25, 0.3) is 0 Å². The van der Waals surface area contributed by atoms with Crippen molar-refractivity contribution in [1.82, 2.24) is 0 Å². The van der Waals surface area contributed by atoms with Crippen LogP contribution in [-0.2, 0) is 28.6 Å². The molecule has 0 spiro atoms. The third-order valence-electron chi connectivity index (χ3n) is 13.0. The summed E-state index contributed by atoms with van der Waals surface area (Å²) in [6.07, 6.45) is 63.1. The van der Waals surface area contributed by atoms with Crippen molar-refractivity contribution in [1.29, 1.82) is 0 Å². The Bertz CT molecular complexity index is 1050. The van der Waals surface area contributed by atoms with Crippen LogP contribution < -0.4 is 0 Å². The quantitative estimate of drug-likeness (QED) is 0.0262. The van der Waals surface area contributed by atoms with E-state index in [9.17, 15) is 14.4 Å². The average Bonchev–Trinajstić information content (AvgIpc) is 3.30. The Morgan fingerprint density at radius 1 is 0.308 bits per heavy atom. The lowest BCUT2D eigenvalue weighted by molar-refractivity contribution is -0.167. The van der Waals surface area contributed by atoms with Crippen molar-refractivity contribution >= 4 is 17.9 Å². The first-order valence-electron chi connectivity index (χ1n) is 28.8. The van der Waals surface area contributed by atoms with Gasteiger partial charge in [0.1, 0.15) is 13.2 Å². The van der Waals surface area contributed by atoms with E-state index in [1.165, 1.54) is 199 Å². The second-order valence-corrected chi connectivity index (χ2v) is 19.6. The highest BCUT2D eigenvalue weighted by Crippen LogP contribution is 2.17. The van der Waals surface area contributed by atoms with Crippen LogP contribution in [0.3, 0.4) is 0 Å². The normalized spacial score (nSPS) is 12.1. The van der Waals surface area contributed by atoms with Crippen LogP contribution in [0.1, 0.15) is 316 Å². The van der Waals surface area contributed by atoms with E-state index in [2.05, 4.69) is 45.1 Å². The van der Waals surface area contributed by atoms with Crippen molar-refractivity contribution in [2.24, 2.45) is 0 Å². The summed E-state index contributed by atoms with van der Waals surface area (Å²) in [5.41, 5.74) is 0. The van der Waals surface area contributed by atoms with E-state index in [0.29, 0.717) is 19.3 Å². The molecule has 0 fully saturated rings. The largest absolute Gasteiger partial charge is 0.462 e. The van der Waals surface area contributed by atoms with E-state index in [0.717, 1.165) is 77.0 Å². The summed E-state index contributed by atoms with van der Waals surface area (Å²) in [7, 11) is 0. The van der Waals surface area contributed by atoms with E-state index >= 15 is 0 Å². The fraction of sp³-hybridized carbons (Fsp3) is 0.881. The topological polar surface area (TPSA) is 78.9 Å². The van der Waals surface area contributed by atoms with Gasteiger partial charge in [0.2, 0.25) is 0 Å². The third-order valence-corrected chi connectivity index (χ3v) is 13.0. The minimum Gasteiger partial charge on any atom is -0.462 e. The molecule has 65 heavy (non-hydrogen) atoms. The SMILES string of the molecule is CCCC/C=C\C/C=C\CCCCCCCC(=O)OC[C@H](COC(=O)CCCCCCCCCCCCCCCCCCC)OC(=O)CCCCCCCCCCCCCCCCCC. The first kappa shape index (κ1) is 62.9. The van der Waals surface area contributed by atoms with Crippen LogP contribution in [0, 0.1) is 0 Å². The molecule has 382 valence electrons. The molecule has 0 aliphatic carbocycles. The number of allylic oxidation sites excluding steroid dienone is 4. The summed E-state index contributed by atoms with van der Waals surface area (Å²) in [4.78, 5) is 38.1. The number of carbonyl (C=O) groups is 3. The number of ether oxygens (including phenoxy) is 3. The van der Waals surface area contributed by atoms with E-state index < -0.39 is 6.10 Å². The molecule has 0 bridgehead atoms. The number of rotatable bonds is 53. The summed E-state index contributed by atoms with van der Waals surface area (Å²) in [5.74, 6) is -0.863. The molecule has 0 rings (SSSR count). The number of esters is 3. The van der Waals surface area contributed by atoms with Gasteiger partial charge in [0.25, 0.3) is 0 Å². The van der Waals surface area contributed by atoms with Crippen molar-refractivity contribution in [3.63, 3.8) is 0 Å². The Hall–Kier alpha value is -2.11. The van der Waals surface area contributed by atoms with Crippen molar-refractivity contribution < 1.29 is 28.6 Å². The van der Waals surface area contributed by atoms with Crippen molar-refractivity contribution in [3.8, 4) is 0 Å². The Labute approximate surface area is 404 Å². The van der Waals surface area contributed by atoms with Crippen molar-refractivity contribution in [2.75, 3.05) is 13.2 Å². The second-order valence-electron chi connectivity index (χ2n) is 19.6. The van der Waals surface area contributed by atoms with Gasteiger partial charge < -0.3 is 14.2 Å². The number of unbranched alkanes of at least 4 members (excludes halogenated alkanes) is 38. The van der Waals surface area contributed by atoms with Gasteiger partial charge in [-0.3, -0.25) is 14.4 Å². The van der Waals surface area contributed by atoms with Gasteiger partial charge in [0, 0.05) is 19.3 Å². The zero-order valence-corrected chi connectivity index (χ0v) is 43.8. The Balaban J connectivity index is 4.33. The van der Waals surface area contributed by atoms with Crippen LogP contribution in [-0.4, -0.2) is 37.2 Å². The molecule has 0 amide bonds. The molecule has 0 aliphatic rings. The van der Waals surface area contributed by atoms with Crippen LogP contribution >= 0.6 is 0 Å². The van der Waals surface area contributed by atoms with Gasteiger partial charge in [-0.1, -0.05) is 276 Å². The maximum absolute atomic E-state index is 12.8. The lowest BCUT2D eigenvalue weighted by atomic mass is 10.0. The van der Waals surface area contributed by atoms with Crippen molar-refractivity contribution in [3.05, 3.63) is 24.3 Å². The molecule has 1 atom stereocenters. The predicted molar refractivity (Wildman–Crippen MR) is 279 cm³/mol. The molecule has 0 N–H and O–H groups in total. The highest BCUT2D eigenvalue weighted by atomic mass is 16.6. The Kier molecular flexibility index (Phi) is 52.7. The summed E-state index contributed by atoms with van der Waals surface area (Å²) in [6, 6.07) is 0. The number of hydrogen-bond donors (Lipinski definition) is 0. The first-order valence-corrected chi connectivity index (χ1v) is 28.8. The molecule has 0 aromatic heterocycles. The van der Waals surface area contributed by atoms with Gasteiger partial charge >= 0.3 is 17.9 Å². The summed E-state index contributed by atoms with van der Waals surface area (Å²) >= 11 is 0. The number of hydrogen-bond acceptors (Lipinski definition) is 6. The molecule has 0 aromatic rings. The van der Waals surface area contributed by atoms with E-state index in [4.69, 9.17) is 14.2 Å². The molecular formula is C59H110O6. The Morgan fingerprint density at radius 3 is 0.892 bits per heavy atom. The molecule has 0 unspecified atom stereocenters. The fourth-order valence-corrected chi connectivity index (χ4v) is 8.58. The molecule has 0 saturated carbocycles. The predicted octanol–water partition coefficient (Wildman–Crippen LogP) is 19.1. The van der Waals surface area contributed by atoms with Gasteiger partial charge in [-0.25, -0.2) is 0 Å². The van der Waals surface area contributed by atoms with Crippen LogP contribution in [0.2, 0.25) is 0 Å². The third kappa shape index (κ3) is 52.7. The zero-order chi connectivity index (χ0) is 47.2. The average molecular weight is 916 g/mol. The summed E-state index contributed by atoms with van der Waals surface area (Å²) in [6.45, 7) is 6.64. The summed E-state index contributed by atoms with van der Waals surface area (Å²) in [5, 5.41) is 0. The molecule has 0 saturated heterocycles. The van der Waals surface area contributed by atoms with E-state index in [1.807, 2.05) is 0 Å². The van der Waals surface area contributed by atoms with Crippen LogP contribution in [0.15, 0.2) is 24.3 Å². The first-order chi connectivity index (χ1) is 32.0.